The van der Waals surface area contributed by atoms with Crippen molar-refractivity contribution in [2.24, 2.45) is 0 Å². The molecule has 0 aliphatic heterocycles. The first-order valence-electron chi connectivity index (χ1n) is 20.0. The topological polar surface area (TPSA) is 43.6 Å². The molecule has 0 amide bonds. The summed E-state index contributed by atoms with van der Waals surface area (Å²) in [5, 5.41) is 9.97. The molecular formula is C54H36N4. The van der Waals surface area contributed by atoms with Gasteiger partial charge < -0.3 is 4.57 Å². The van der Waals surface area contributed by atoms with Crippen LogP contribution in [0.4, 0.5) is 0 Å². The monoisotopic (exact) mass is 740 g/mol. The van der Waals surface area contributed by atoms with Gasteiger partial charge in [0.25, 0.3) is 0 Å². The van der Waals surface area contributed by atoms with E-state index in [1.165, 1.54) is 65.6 Å². The van der Waals surface area contributed by atoms with Crippen LogP contribution >= 0.6 is 0 Å². The molecule has 1 aliphatic carbocycles. The summed E-state index contributed by atoms with van der Waals surface area (Å²) in [4.78, 5) is 15.2. The lowest BCUT2D eigenvalue weighted by molar-refractivity contribution is 0.667. The summed E-state index contributed by atoms with van der Waals surface area (Å²) in [7, 11) is 0. The lowest BCUT2D eigenvalue weighted by Crippen LogP contribution is -2.15. The van der Waals surface area contributed by atoms with E-state index in [1.54, 1.807) is 0 Å². The Balaban J connectivity index is 1.11. The second-order valence-corrected chi connectivity index (χ2v) is 15.9. The lowest BCUT2D eigenvalue weighted by Gasteiger charge is -2.24. The molecule has 9 aromatic carbocycles. The van der Waals surface area contributed by atoms with Gasteiger partial charge in [-0.2, -0.15) is 0 Å². The molecule has 11 aromatic rings. The van der Waals surface area contributed by atoms with E-state index in [4.69, 9.17) is 15.0 Å². The summed E-state index contributed by atoms with van der Waals surface area (Å²) >= 11 is 0. The molecule has 0 unspecified atom stereocenters. The van der Waals surface area contributed by atoms with Crippen molar-refractivity contribution < 1.29 is 0 Å². The van der Waals surface area contributed by atoms with E-state index in [-0.39, 0.29) is 5.41 Å². The summed E-state index contributed by atoms with van der Waals surface area (Å²) in [6.45, 7) is 4.81. The Kier molecular flexibility index (Phi) is 6.94. The van der Waals surface area contributed by atoms with Gasteiger partial charge >= 0.3 is 0 Å². The maximum absolute atomic E-state index is 5.13. The molecule has 0 N–H and O–H groups in total. The molecule has 0 atom stereocenters. The van der Waals surface area contributed by atoms with Gasteiger partial charge in [0.1, 0.15) is 0 Å². The van der Waals surface area contributed by atoms with Gasteiger partial charge in [-0.1, -0.05) is 166 Å². The molecule has 0 saturated heterocycles. The third-order valence-electron chi connectivity index (χ3n) is 12.4. The van der Waals surface area contributed by atoms with Crippen molar-refractivity contribution in [3.8, 4) is 51.0 Å². The largest absolute Gasteiger partial charge is 0.309 e. The zero-order valence-corrected chi connectivity index (χ0v) is 32.1. The van der Waals surface area contributed by atoms with Gasteiger partial charge in [0.2, 0.25) is 0 Å². The van der Waals surface area contributed by atoms with E-state index < -0.39 is 0 Å². The summed E-state index contributed by atoms with van der Waals surface area (Å²) < 4.78 is 2.48. The van der Waals surface area contributed by atoms with Crippen molar-refractivity contribution in [1.29, 1.82) is 0 Å². The van der Waals surface area contributed by atoms with Gasteiger partial charge in [-0.3, -0.25) is 0 Å². The van der Waals surface area contributed by atoms with Gasteiger partial charge in [0, 0.05) is 38.3 Å². The first-order valence-corrected chi connectivity index (χ1v) is 20.0. The minimum atomic E-state index is -0.221. The maximum atomic E-state index is 5.13. The Morgan fingerprint density at radius 1 is 0.379 bits per heavy atom. The smallest absolute Gasteiger partial charge is 0.164 e. The summed E-state index contributed by atoms with van der Waals surface area (Å²) in [5.74, 6) is 1.95. The molecule has 0 bridgehead atoms. The first-order chi connectivity index (χ1) is 28.5. The van der Waals surface area contributed by atoms with Crippen LogP contribution in [0.5, 0.6) is 0 Å². The Bertz CT molecular complexity index is 3410. The van der Waals surface area contributed by atoms with E-state index in [0.29, 0.717) is 17.5 Å². The van der Waals surface area contributed by atoms with Crippen LogP contribution in [0.3, 0.4) is 0 Å². The Labute approximate surface area is 335 Å². The highest BCUT2D eigenvalue weighted by Crippen LogP contribution is 2.56. The molecule has 2 aromatic heterocycles. The Morgan fingerprint density at radius 2 is 0.897 bits per heavy atom. The second kappa shape index (κ2) is 12.3. The number of hydrogen-bond donors (Lipinski definition) is 0. The molecule has 0 radical (unpaired) electrons. The third kappa shape index (κ3) is 4.66. The highest BCUT2D eigenvalue weighted by atomic mass is 15.0. The second-order valence-electron chi connectivity index (χ2n) is 15.9. The number of nitrogens with zero attached hydrogens (tertiary/aromatic N) is 4. The molecule has 0 fully saturated rings. The molecular weight excluding hydrogens is 705 g/mol. The fraction of sp³-hybridized carbons (Fsp3) is 0.0556. The summed E-state index contributed by atoms with van der Waals surface area (Å²) in [6.07, 6.45) is 0. The Morgan fingerprint density at radius 3 is 1.57 bits per heavy atom. The molecule has 1 aliphatic rings. The average Bonchev–Trinajstić information content (AvgIpc) is 3.73. The zero-order chi connectivity index (χ0) is 38.5. The number of aromatic nitrogens is 4. The predicted octanol–water partition coefficient (Wildman–Crippen LogP) is 13.7. The third-order valence-corrected chi connectivity index (χ3v) is 12.4. The van der Waals surface area contributed by atoms with E-state index >= 15 is 0 Å². The van der Waals surface area contributed by atoms with E-state index in [0.717, 1.165) is 33.2 Å². The van der Waals surface area contributed by atoms with Crippen LogP contribution in [-0.2, 0) is 5.41 Å². The summed E-state index contributed by atoms with van der Waals surface area (Å²) in [5.41, 5.74) is 11.6. The molecule has 0 saturated carbocycles. The van der Waals surface area contributed by atoms with Crippen LogP contribution in [0.2, 0.25) is 0 Å². The Hall–Kier alpha value is -7.43. The van der Waals surface area contributed by atoms with Gasteiger partial charge in [0.15, 0.2) is 17.5 Å². The lowest BCUT2D eigenvalue weighted by atomic mass is 9.79. The average molecular weight is 741 g/mol. The normalized spacial score (nSPS) is 13.1. The van der Waals surface area contributed by atoms with Crippen LogP contribution in [0, 0.1) is 0 Å². The maximum Gasteiger partial charge on any atom is 0.164 e. The fourth-order valence-electron chi connectivity index (χ4n) is 9.81. The molecule has 4 heteroatoms. The predicted molar refractivity (Wildman–Crippen MR) is 241 cm³/mol. The van der Waals surface area contributed by atoms with Crippen molar-refractivity contribution >= 4 is 54.1 Å². The van der Waals surface area contributed by atoms with E-state index in [9.17, 15) is 0 Å². The number of rotatable bonds is 4. The molecule has 4 nitrogen and oxygen atoms in total. The van der Waals surface area contributed by atoms with Crippen LogP contribution in [-0.4, -0.2) is 19.5 Å². The molecule has 272 valence electrons. The van der Waals surface area contributed by atoms with Gasteiger partial charge in [-0.05, 0) is 79.5 Å². The number of para-hydroxylation sites is 1. The number of hydrogen-bond acceptors (Lipinski definition) is 3. The van der Waals surface area contributed by atoms with Crippen molar-refractivity contribution in [1.82, 2.24) is 19.5 Å². The SMILES string of the molecule is CC1(C)c2cc3c(cc2-c2c1c1ccccc1c1ccccc21)c1ccccc1n3-c1ccc(-c2nc(-c3ccccc3)nc(-c3ccccc3)n2)c2ccccc12. The van der Waals surface area contributed by atoms with Gasteiger partial charge in [-0.15, -0.1) is 0 Å². The highest BCUT2D eigenvalue weighted by Gasteiger charge is 2.39. The van der Waals surface area contributed by atoms with Gasteiger partial charge in [-0.25, -0.2) is 15.0 Å². The minimum Gasteiger partial charge on any atom is -0.309 e. The zero-order valence-electron chi connectivity index (χ0n) is 32.1. The van der Waals surface area contributed by atoms with E-state index in [1.807, 2.05) is 36.4 Å². The number of fused-ring (bicyclic) bond motifs is 12. The van der Waals surface area contributed by atoms with Crippen molar-refractivity contribution in [3.05, 3.63) is 193 Å². The fourth-order valence-corrected chi connectivity index (χ4v) is 9.81. The van der Waals surface area contributed by atoms with Crippen LogP contribution in [0.15, 0.2) is 182 Å². The van der Waals surface area contributed by atoms with Crippen molar-refractivity contribution in [2.45, 2.75) is 19.3 Å². The quantitative estimate of drug-likeness (QED) is 0.169. The minimum absolute atomic E-state index is 0.221. The molecule has 2 heterocycles. The van der Waals surface area contributed by atoms with Crippen molar-refractivity contribution in [3.63, 3.8) is 0 Å². The summed E-state index contributed by atoms with van der Waals surface area (Å²) in [6, 6.07) is 65.2. The van der Waals surface area contributed by atoms with Gasteiger partial charge in [0.05, 0.1) is 16.7 Å². The van der Waals surface area contributed by atoms with Crippen molar-refractivity contribution in [2.75, 3.05) is 0 Å². The molecule has 58 heavy (non-hydrogen) atoms. The first kappa shape index (κ1) is 32.8. The van der Waals surface area contributed by atoms with Crippen LogP contribution < -0.4 is 0 Å². The van der Waals surface area contributed by atoms with Crippen LogP contribution in [0.1, 0.15) is 25.0 Å². The standard InChI is InChI=1S/C54H36N4/c1-54(2)45-32-48-43(31-44(45)49-40-26-13-10-21-35(40)36-22-11-14-27-41(36)50(49)54)39-25-15-16-28-46(39)58(48)47-30-29-42(37-23-9-12-24-38(37)47)53-56-51(33-17-5-3-6-18-33)55-52(57-53)34-19-7-4-8-20-34/h3-32H,1-2H3. The van der Waals surface area contributed by atoms with E-state index in [2.05, 4.69) is 164 Å². The molecule has 12 rings (SSSR count). The van der Waals surface area contributed by atoms with Crippen LogP contribution in [0.25, 0.3) is 105 Å². The highest BCUT2D eigenvalue weighted by molar-refractivity contribution is 6.20. The number of benzene rings is 9. The molecule has 0 spiro atoms.